The summed E-state index contributed by atoms with van der Waals surface area (Å²) in [6.45, 7) is 6.10. The minimum absolute atomic E-state index is 0.0251. The summed E-state index contributed by atoms with van der Waals surface area (Å²) < 4.78 is 5.75. The zero-order chi connectivity index (χ0) is 16.1. The Kier molecular flexibility index (Phi) is 3.46. The highest BCUT2D eigenvalue weighted by atomic mass is 16.6. The predicted octanol–water partition coefficient (Wildman–Crippen LogP) is 3.88. The van der Waals surface area contributed by atoms with E-state index in [0.717, 1.165) is 12.8 Å². The van der Waals surface area contributed by atoms with Crippen LogP contribution in [0.2, 0.25) is 0 Å². The Hall–Kier alpha value is -1.91. The van der Waals surface area contributed by atoms with Crippen LogP contribution in [-0.2, 0) is 4.74 Å². The van der Waals surface area contributed by atoms with Gasteiger partial charge in [0.2, 0.25) is 0 Å². The zero-order valence-electron chi connectivity index (χ0n) is 13.2. The van der Waals surface area contributed by atoms with Crippen LogP contribution in [0.3, 0.4) is 0 Å². The first-order valence-corrected chi connectivity index (χ1v) is 7.79. The molecule has 22 heavy (non-hydrogen) atoms. The quantitative estimate of drug-likeness (QED) is 0.482. The fourth-order valence-corrected chi connectivity index (χ4v) is 4.20. The van der Waals surface area contributed by atoms with Crippen molar-refractivity contribution in [3.05, 3.63) is 39.4 Å². The summed E-state index contributed by atoms with van der Waals surface area (Å²) in [5.74, 6) is 0.870. The maximum atomic E-state index is 12.4. The fraction of sp³-hybridized carbons (Fsp3) is 0.588. The van der Waals surface area contributed by atoms with Crippen LogP contribution in [0.5, 0.6) is 0 Å². The van der Waals surface area contributed by atoms with Crippen molar-refractivity contribution in [3.63, 3.8) is 0 Å². The summed E-state index contributed by atoms with van der Waals surface area (Å²) in [7, 11) is 0. The van der Waals surface area contributed by atoms with E-state index in [-0.39, 0.29) is 23.2 Å². The standard InChI is InChI=1S/C17H21NO4/c1-10-8-13(4-5-14(10)18(20)21)16(19)22-15-9-12-6-7-17(15,3)11(12)2/h4-5,8,11-12,15H,6-7,9H2,1-3H3. The number of nitro benzene ring substituents is 1. The second kappa shape index (κ2) is 5.07. The number of nitro groups is 1. The Morgan fingerprint density at radius 3 is 2.68 bits per heavy atom. The highest BCUT2D eigenvalue weighted by molar-refractivity contribution is 5.90. The van der Waals surface area contributed by atoms with Crippen molar-refractivity contribution in [2.45, 2.75) is 46.1 Å². The molecular formula is C17H21NO4. The maximum absolute atomic E-state index is 12.4. The molecule has 0 aliphatic heterocycles. The molecule has 1 aromatic rings. The van der Waals surface area contributed by atoms with Crippen molar-refractivity contribution in [2.75, 3.05) is 0 Å². The Morgan fingerprint density at radius 1 is 1.45 bits per heavy atom. The van der Waals surface area contributed by atoms with Crippen molar-refractivity contribution in [1.29, 1.82) is 0 Å². The average molecular weight is 303 g/mol. The molecular weight excluding hydrogens is 282 g/mol. The summed E-state index contributed by atoms with van der Waals surface area (Å²) in [4.78, 5) is 22.8. The van der Waals surface area contributed by atoms with Crippen LogP contribution >= 0.6 is 0 Å². The van der Waals surface area contributed by atoms with Crippen molar-refractivity contribution in [2.24, 2.45) is 17.3 Å². The van der Waals surface area contributed by atoms with Crippen LogP contribution in [-0.4, -0.2) is 17.0 Å². The van der Waals surface area contributed by atoms with E-state index in [0.29, 0.717) is 23.0 Å². The number of hydrogen-bond acceptors (Lipinski definition) is 4. The second-order valence-electron chi connectivity index (χ2n) is 6.98. The Labute approximate surface area is 129 Å². The minimum atomic E-state index is -0.441. The second-order valence-corrected chi connectivity index (χ2v) is 6.98. The molecule has 0 amide bonds. The number of carbonyl (C=O) groups excluding carboxylic acids is 1. The normalized spacial score (nSPS) is 33.0. The van der Waals surface area contributed by atoms with E-state index in [4.69, 9.17) is 4.74 Å². The van der Waals surface area contributed by atoms with Crippen molar-refractivity contribution >= 4 is 11.7 Å². The molecule has 0 aromatic heterocycles. The summed E-state index contributed by atoms with van der Waals surface area (Å²) >= 11 is 0. The summed E-state index contributed by atoms with van der Waals surface area (Å²) in [6, 6.07) is 4.39. The smallest absolute Gasteiger partial charge is 0.338 e. The van der Waals surface area contributed by atoms with Crippen LogP contribution in [0.1, 0.15) is 49.0 Å². The highest BCUT2D eigenvalue weighted by Crippen LogP contribution is 2.59. The van der Waals surface area contributed by atoms with E-state index in [1.54, 1.807) is 13.0 Å². The molecule has 4 atom stereocenters. The van der Waals surface area contributed by atoms with E-state index in [1.807, 2.05) is 0 Å². The van der Waals surface area contributed by atoms with E-state index >= 15 is 0 Å². The number of carbonyl (C=O) groups is 1. The number of ether oxygens (including phenoxy) is 1. The number of aryl methyl sites for hydroxylation is 1. The predicted molar refractivity (Wildman–Crippen MR) is 81.6 cm³/mol. The largest absolute Gasteiger partial charge is 0.458 e. The van der Waals surface area contributed by atoms with Gasteiger partial charge in [-0.1, -0.05) is 13.8 Å². The Bertz CT molecular complexity index is 642. The minimum Gasteiger partial charge on any atom is -0.458 e. The van der Waals surface area contributed by atoms with Crippen LogP contribution < -0.4 is 0 Å². The van der Waals surface area contributed by atoms with Crippen LogP contribution in [0, 0.1) is 34.3 Å². The van der Waals surface area contributed by atoms with Crippen LogP contribution in [0.25, 0.3) is 0 Å². The Morgan fingerprint density at radius 2 is 2.18 bits per heavy atom. The van der Waals surface area contributed by atoms with Gasteiger partial charge in [-0.25, -0.2) is 4.79 Å². The molecule has 5 heteroatoms. The summed E-state index contributed by atoms with van der Waals surface area (Å²) in [6.07, 6.45) is 3.23. The van der Waals surface area contributed by atoms with Crippen molar-refractivity contribution in [3.8, 4) is 0 Å². The van der Waals surface area contributed by atoms with Gasteiger partial charge in [-0.05, 0) is 50.2 Å². The molecule has 2 aliphatic rings. The summed E-state index contributed by atoms with van der Waals surface area (Å²) in [5, 5.41) is 10.8. The molecule has 0 spiro atoms. The lowest BCUT2D eigenvalue weighted by Gasteiger charge is -2.32. The van der Waals surface area contributed by atoms with Gasteiger partial charge in [0, 0.05) is 17.0 Å². The fourth-order valence-electron chi connectivity index (χ4n) is 4.20. The van der Waals surface area contributed by atoms with Gasteiger partial charge in [0.05, 0.1) is 10.5 Å². The van der Waals surface area contributed by atoms with E-state index in [2.05, 4.69) is 13.8 Å². The average Bonchev–Trinajstić information content (AvgIpc) is 2.86. The first-order chi connectivity index (χ1) is 10.3. The van der Waals surface area contributed by atoms with E-state index in [9.17, 15) is 14.9 Å². The molecule has 118 valence electrons. The first kappa shape index (κ1) is 15.0. The van der Waals surface area contributed by atoms with E-state index < -0.39 is 4.92 Å². The number of benzene rings is 1. The summed E-state index contributed by atoms with van der Waals surface area (Å²) in [5.41, 5.74) is 0.974. The highest BCUT2D eigenvalue weighted by Gasteiger charge is 2.56. The number of nitrogens with zero attached hydrogens (tertiary/aromatic N) is 1. The lowest BCUT2D eigenvalue weighted by Crippen LogP contribution is -2.34. The van der Waals surface area contributed by atoms with Gasteiger partial charge in [0.15, 0.2) is 0 Å². The Balaban J connectivity index is 1.76. The van der Waals surface area contributed by atoms with Crippen LogP contribution in [0.4, 0.5) is 5.69 Å². The van der Waals surface area contributed by atoms with Gasteiger partial charge in [0.1, 0.15) is 6.10 Å². The molecule has 5 nitrogen and oxygen atoms in total. The molecule has 2 fully saturated rings. The third-order valence-corrected chi connectivity index (χ3v) is 5.93. The van der Waals surface area contributed by atoms with Gasteiger partial charge in [-0.2, -0.15) is 0 Å². The molecule has 0 heterocycles. The molecule has 2 saturated carbocycles. The van der Waals surface area contributed by atoms with Crippen molar-refractivity contribution in [1.82, 2.24) is 0 Å². The monoisotopic (exact) mass is 303 g/mol. The number of esters is 1. The molecule has 1 aromatic carbocycles. The SMILES string of the molecule is Cc1cc(C(=O)OC2CC3CCC2(C)C3C)ccc1[N+](=O)[O-]. The molecule has 0 N–H and O–H groups in total. The number of rotatable bonds is 3. The number of hydrogen-bond donors (Lipinski definition) is 0. The van der Waals surface area contributed by atoms with Gasteiger partial charge < -0.3 is 4.74 Å². The molecule has 3 rings (SSSR count). The third-order valence-electron chi connectivity index (χ3n) is 5.93. The van der Waals surface area contributed by atoms with Gasteiger partial charge in [-0.3, -0.25) is 10.1 Å². The van der Waals surface area contributed by atoms with Crippen LogP contribution in [0.15, 0.2) is 18.2 Å². The lowest BCUT2D eigenvalue weighted by molar-refractivity contribution is -0.385. The van der Waals surface area contributed by atoms with Gasteiger partial charge in [-0.15, -0.1) is 0 Å². The third kappa shape index (κ3) is 2.19. The first-order valence-electron chi connectivity index (χ1n) is 7.79. The lowest BCUT2D eigenvalue weighted by atomic mass is 9.80. The maximum Gasteiger partial charge on any atom is 0.338 e. The zero-order valence-corrected chi connectivity index (χ0v) is 13.2. The molecule has 2 aliphatic carbocycles. The molecule has 0 saturated heterocycles. The molecule has 2 bridgehead atoms. The molecule has 0 radical (unpaired) electrons. The molecule has 4 unspecified atom stereocenters. The van der Waals surface area contributed by atoms with Crippen molar-refractivity contribution < 1.29 is 14.5 Å². The van der Waals surface area contributed by atoms with Gasteiger partial charge >= 0.3 is 5.97 Å². The number of fused-ring (bicyclic) bond motifs is 2. The van der Waals surface area contributed by atoms with E-state index in [1.165, 1.54) is 18.6 Å². The topological polar surface area (TPSA) is 69.4 Å². The van der Waals surface area contributed by atoms with Gasteiger partial charge in [0.25, 0.3) is 5.69 Å².